The maximum Gasteiger partial charge on any atom is 0.173 e. The van der Waals surface area contributed by atoms with Gasteiger partial charge in [-0.2, -0.15) is 0 Å². The number of hydrogen-bond acceptors (Lipinski definition) is 3. The summed E-state index contributed by atoms with van der Waals surface area (Å²) in [5.41, 5.74) is 6.32. The Bertz CT molecular complexity index is 338. The molecule has 1 rings (SSSR count). The number of oxime groups is 1. The van der Waals surface area contributed by atoms with Gasteiger partial charge >= 0.3 is 0 Å². The summed E-state index contributed by atoms with van der Waals surface area (Å²) < 4.78 is 5.36. The van der Waals surface area contributed by atoms with Gasteiger partial charge in [0, 0.05) is 11.6 Å². The second-order valence-electron chi connectivity index (χ2n) is 2.91. The molecule has 0 spiro atoms. The van der Waals surface area contributed by atoms with E-state index in [1.54, 1.807) is 24.3 Å². The van der Waals surface area contributed by atoms with E-state index in [4.69, 9.17) is 27.3 Å². The summed E-state index contributed by atoms with van der Waals surface area (Å²) >= 11 is 5.76. The van der Waals surface area contributed by atoms with Crippen molar-refractivity contribution in [3.63, 3.8) is 0 Å². The third kappa shape index (κ3) is 3.11. The lowest BCUT2D eigenvalue weighted by Crippen LogP contribution is -2.24. The zero-order valence-corrected chi connectivity index (χ0v) is 9.11. The number of rotatable bonds is 4. The molecule has 0 aromatic heterocycles. The smallest absolute Gasteiger partial charge is 0.173 e. The third-order valence-electron chi connectivity index (χ3n) is 1.89. The number of benzene rings is 1. The molecule has 0 fully saturated rings. The van der Waals surface area contributed by atoms with Crippen LogP contribution in [0.2, 0.25) is 5.02 Å². The van der Waals surface area contributed by atoms with Crippen LogP contribution >= 0.6 is 11.6 Å². The topological polar surface area (TPSA) is 67.8 Å². The van der Waals surface area contributed by atoms with Crippen LogP contribution in [0.3, 0.4) is 0 Å². The summed E-state index contributed by atoms with van der Waals surface area (Å²) in [6.07, 6.45) is -0.530. The second-order valence-corrected chi connectivity index (χ2v) is 3.35. The fourth-order valence-electron chi connectivity index (χ4n) is 1.21. The highest BCUT2D eigenvalue weighted by Gasteiger charge is 2.16. The highest BCUT2D eigenvalue weighted by Crippen LogP contribution is 2.19. The van der Waals surface area contributed by atoms with Gasteiger partial charge in [0.25, 0.3) is 0 Å². The van der Waals surface area contributed by atoms with Crippen molar-refractivity contribution >= 4 is 17.4 Å². The molecule has 0 unspecified atom stereocenters. The van der Waals surface area contributed by atoms with Gasteiger partial charge in [-0.3, -0.25) is 0 Å². The van der Waals surface area contributed by atoms with Crippen LogP contribution in [-0.4, -0.2) is 17.6 Å². The monoisotopic (exact) mass is 228 g/mol. The van der Waals surface area contributed by atoms with E-state index in [1.165, 1.54) is 0 Å². The summed E-state index contributed by atoms with van der Waals surface area (Å²) in [5, 5.41) is 12.2. The molecular weight excluding hydrogens is 216 g/mol. The Morgan fingerprint density at radius 2 is 2.13 bits per heavy atom. The molecular formula is C10H13ClN2O2. The largest absolute Gasteiger partial charge is 0.409 e. The van der Waals surface area contributed by atoms with E-state index in [1.807, 2.05) is 6.92 Å². The van der Waals surface area contributed by atoms with Gasteiger partial charge in [-0.25, -0.2) is 0 Å². The van der Waals surface area contributed by atoms with Crippen molar-refractivity contribution in [1.82, 2.24) is 0 Å². The Hall–Kier alpha value is -1.26. The van der Waals surface area contributed by atoms with Crippen molar-refractivity contribution in [3.8, 4) is 0 Å². The quantitative estimate of drug-likeness (QED) is 0.359. The molecule has 15 heavy (non-hydrogen) atoms. The van der Waals surface area contributed by atoms with E-state index in [0.717, 1.165) is 5.56 Å². The third-order valence-corrected chi connectivity index (χ3v) is 2.14. The van der Waals surface area contributed by atoms with E-state index in [0.29, 0.717) is 11.6 Å². The van der Waals surface area contributed by atoms with Crippen LogP contribution in [0.1, 0.15) is 18.6 Å². The normalized spacial score (nSPS) is 13.9. The summed E-state index contributed by atoms with van der Waals surface area (Å²) in [4.78, 5) is 0. The molecule has 0 bridgehead atoms. The van der Waals surface area contributed by atoms with Crippen LogP contribution in [0.15, 0.2) is 29.4 Å². The van der Waals surface area contributed by atoms with Gasteiger partial charge in [0.15, 0.2) is 5.84 Å². The fourth-order valence-corrected chi connectivity index (χ4v) is 1.34. The van der Waals surface area contributed by atoms with Crippen molar-refractivity contribution in [2.45, 2.75) is 13.0 Å². The molecule has 1 aromatic rings. The molecule has 1 atom stereocenters. The first kappa shape index (κ1) is 11.8. The van der Waals surface area contributed by atoms with Crippen molar-refractivity contribution in [3.05, 3.63) is 34.9 Å². The van der Waals surface area contributed by atoms with Gasteiger partial charge in [-0.1, -0.05) is 28.9 Å². The first-order chi connectivity index (χ1) is 7.19. The Balaban J connectivity index is 2.93. The zero-order chi connectivity index (χ0) is 11.3. The average molecular weight is 229 g/mol. The Morgan fingerprint density at radius 3 is 2.60 bits per heavy atom. The van der Waals surface area contributed by atoms with Crippen LogP contribution in [0, 0.1) is 0 Å². The van der Waals surface area contributed by atoms with Crippen molar-refractivity contribution in [2.24, 2.45) is 10.9 Å². The minimum Gasteiger partial charge on any atom is -0.409 e. The van der Waals surface area contributed by atoms with Crippen molar-refractivity contribution < 1.29 is 9.94 Å². The Labute approximate surface area is 93.3 Å². The molecule has 0 heterocycles. The summed E-state index contributed by atoms with van der Waals surface area (Å²) in [6.45, 7) is 2.32. The van der Waals surface area contributed by atoms with E-state index >= 15 is 0 Å². The number of amidine groups is 1. The standard InChI is InChI=1S/C10H13ClN2O2/c1-2-15-9(10(12)13-14)7-3-5-8(11)6-4-7/h3-6,9,14H,2H2,1H3,(H2,12,13)/t9-/m0/s1. The van der Waals surface area contributed by atoms with E-state index in [2.05, 4.69) is 5.16 Å². The molecule has 1 aromatic carbocycles. The molecule has 0 saturated carbocycles. The lowest BCUT2D eigenvalue weighted by Gasteiger charge is -2.15. The van der Waals surface area contributed by atoms with Crippen molar-refractivity contribution in [1.29, 1.82) is 0 Å². The number of halogens is 1. The average Bonchev–Trinajstić information content (AvgIpc) is 2.26. The molecule has 82 valence electrons. The molecule has 3 N–H and O–H groups in total. The first-order valence-electron chi connectivity index (χ1n) is 4.53. The maximum atomic E-state index is 8.60. The first-order valence-corrected chi connectivity index (χ1v) is 4.91. The molecule has 0 aliphatic heterocycles. The van der Waals surface area contributed by atoms with Crippen LogP contribution in [0.5, 0.6) is 0 Å². The minimum atomic E-state index is -0.530. The van der Waals surface area contributed by atoms with Crippen molar-refractivity contribution in [2.75, 3.05) is 6.61 Å². The summed E-state index contributed by atoms with van der Waals surface area (Å²) in [5.74, 6) is 0.0270. The molecule has 0 saturated heterocycles. The van der Waals surface area contributed by atoms with Crippen LogP contribution < -0.4 is 5.73 Å². The van der Waals surface area contributed by atoms with Crippen LogP contribution in [0.4, 0.5) is 0 Å². The van der Waals surface area contributed by atoms with Gasteiger partial charge in [0.2, 0.25) is 0 Å². The van der Waals surface area contributed by atoms with Gasteiger partial charge < -0.3 is 15.7 Å². The minimum absolute atomic E-state index is 0.0270. The molecule has 4 nitrogen and oxygen atoms in total. The van der Waals surface area contributed by atoms with E-state index in [-0.39, 0.29) is 5.84 Å². The molecule has 5 heteroatoms. The lowest BCUT2D eigenvalue weighted by molar-refractivity contribution is 0.106. The van der Waals surface area contributed by atoms with Gasteiger partial charge in [0.1, 0.15) is 6.10 Å². The lowest BCUT2D eigenvalue weighted by atomic mass is 10.1. The molecule has 0 radical (unpaired) electrons. The predicted molar refractivity (Wildman–Crippen MR) is 59.2 cm³/mol. The number of ether oxygens (including phenoxy) is 1. The van der Waals surface area contributed by atoms with E-state index in [9.17, 15) is 0 Å². The SMILES string of the molecule is CCO[C@H](/C(N)=N\O)c1ccc(Cl)cc1. The fraction of sp³-hybridized carbons (Fsp3) is 0.300. The molecule has 0 aliphatic carbocycles. The number of nitrogens with zero attached hydrogens (tertiary/aromatic N) is 1. The van der Waals surface area contributed by atoms with E-state index < -0.39 is 6.10 Å². The van der Waals surface area contributed by atoms with Crippen LogP contribution in [0.25, 0.3) is 0 Å². The summed E-state index contributed by atoms with van der Waals surface area (Å²) in [7, 11) is 0. The Morgan fingerprint density at radius 1 is 1.53 bits per heavy atom. The van der Waals surface area contributed by atoms with Gasteiger partial charge in [-0.05, 0) is 24.6 Å². The number of nitrogens with two attached hydrogens (primary N) is 1. The molecule has 0 aliphatic rings. The van der Waals surface area contributed by atoms with Gasteiger partial charge in [0.05, 0.1) is 0 Å². The second kappa shape index (κ2) is 5.58. The number of hydrogen-bond donors (Lipinski definition) is 2. The predicted octanol–water partition coefficient (Wildman–Crippen LogP) is 2.16. The zero-order valence-electron chi connectivity index (χ0n) is 8.35. The summed E-state index contributed by atoms with van der Waals surface area (Å²) in [6, 6.07) is 7.02. The van der Waals surface area contributed by atoms with Gasteiger partial charge in [-0.15, -0.1) is 0 Å². The highest BCUT2D eigenvalue weighted by atomic mass is 35.5. The maximum absolute atomic E-state index is 8.60. The van der Waals surface area contributed by atoms with Crippen LogP contribution in [-0.2, 0) is 4.74 Å². The highest BCUT2D eigenvalue weighted by molar-refractivity contribution is 6.30. The Kier molecular flexibility index (Phi) is 4.39. The molecule has 0 amide bonds.